The number of carbonyl (C=O) groups is 1. The molecule has 118 valence electrons. The van der Waals surface area contributed by atoms with Gasteiger partial charge < -0.3 is 10.2 Å². The van der Waals surface area contributed by atoms with E-state index in [0.29, 0.717) is 6.54 Å². The summed E-state index contributed by atoms with van der Waals surface area (Å²) in [6, 6.07) is 8.16. The molecule has 1 atom stereocenters. The Morgan fingerprint density at radius 2 is 1.95 bits per heavy atom. The summed E-state index contributed by atoms with van der Waals surface area (Å²) in [7, 11) is 0. The number of carbonyl (C=O) groups excluding carboxylic acids is 1. The highest BCUT2D eigenvalue weighted by molar-refractivity contribution is 9.10. The van der Waals surface area contributed by atoms with E-state index < -0.39 is 0 Å². The van der Waals surface area contributed by atoms with Crippen LogP contribution in [0.3, 0.4) is 0 Å². The van der Waals surface area contributed by atoms with E-state index in [-0.39, 0.29) is 17.5 Å². The van der Waals surface area contributed by atoms with Crippen LogP contribution in [0.2, 0.25) is 0 Å². The van der Waals surface area contributed by atoms with Gasteiger partial charge in [0.15, 0.2) is 0 Å². The third-order valence-corrected chi connectivity index (χ3v) is 4.10. The van der Waals surface area contributed by atoms with E-state index in [1.165, 1.54) is 0 Å². The molecule has 0 saturated carbocycles. The van der Waals surface area contributed by atoms with Crippen molar-refractivity contribution in [2.75, 3.05) is 13.1 Å². The molecular weight excluding hydrogens is 328 g/mol. The average Bonchev–Trinajstić information content (AvgIpc) is 2.41. The fraction of sp³-hybridized carbons (Fsp3) is 0.588. The van der Waals surface area contributed by atoms with Crippen molar-refractivity contribution >= 4 is 21.8 Å². The Morgan fingerprint density at radius 1 is 1.33 bits per heavy atom. The molecule has 0 fully saturated rings. The maximum Gasteiger partial charge on any atom is 0.237 e. The smallest absolute Gasteiger partial charge is 0.237 e. The Balaban J connectivity index is 2.85. The van der Waals surface area contributed by atoms with Gasteiger partial charge in [0.1, 0.15) is 0 Å². The summed E-state index contributed by atoms with van der Waals surface area (Å²) in [6.45, 7) is 11.5. The second-order valence-electron chi connectivity index (χ2n) is 6.39. The van der Waals surface area contributed by atoms with Crippen LogP contribution in [0.1, 0.15) is 52.6 Å². The van der Waals surface area contributed by atoms with Gasteiger partial charge in [-0.05, 0) is 45.7 Å². The monoisotopic (exact) mass is 354 g/mol. The fourth-order valence-electron chi connectivity index (χ4n) is 2.20. The number of halogens is 1. The first-order chi connectivity index (χ1) is 9.76. The van der Waals surface area contributed by atoms with Crippen molar-refractivity contribution in [1.29, 1.82) is 0 Å². The van der Waals surface area contributed by atoms with Crippen LogP contribution >= 0.6 is 15.9 Å². The summed E-state index contributed by atoms with van der Waals surface area (Å²) < 4.78 is 1.05. The van der Waals surface area contributed by atoms with Crippen molar-refractivity contribution in [3.05, 3.63) is 34.3 Å². The van der Waals surface area contributed by atoms with Crippen LogP contribution in [0.15, 0.2) is 28.7 Å². The molecule has 0 spiro atoms. The molecule has 1 amide bonds. The second-order valence-corrected chi connectivity index (χ2v) is 7.24. The highest BCUT2D eigenvalue weighted by atomic mass is 79.9. The number of nitrogens with zero attached hydrogens (tertiary/aromatic N) is 1. The molecule has 1 N–H and O–H groups in total. The van der Waals surface area contributed by atoms with E-state index in [9.17, 15) is 4.79 Å². The molecule has 0 aliphatic heterocycles. The minimum atomic E-state index is -0.0515. The van der Waals surface area contributed by atoms with E-state index >= 15 is 0 Å². The standard InChI is InChI=1S/C17H27BrN2O/c1-6-11-20(16(21)12-19-17(3,4)5)13(2)14-9-7-8-10-15(14)18/h7-10,13,19H,6,11-12H2,1-5H3. The molecule has 0 bridgehead atoms. The molecule has 0 heterocycles. The van der Waals surface area contributed by atoms with Crippen molar-refractivity contribution < 1.29 is 4.79 Å². The first-order valence-corrected chi connectivity index (χ1v) is 8.34. The third kappa shape index (κ3) is 5.79. The summed E-state index contributed by atoms with van der Waals surface area (Å²) in [5.74, 6) is 0.148. The number of hydrogen-bond donors (Lipinski definition) is 1. The zero-order valence-corrected chi connectivity index (χ0v) is 15.3. The minimum absolute atomic E-state index is 0.0515. The highest BCUT2D eigenvalue weighted by Crippen LogP contribution is 2.27. The molecule has 4 heteroatoms. The topological polar surface area (TPSA) is 32.3 Å². The zero-order chi connectivity index (χ0) is 16.0. The van der Waals surface area contributed by atoms with E-state index in [2.05, 4.69) is 61.9 Å². The van der Waals surface area contributed by atoms with Crippen molar-refractivity contribution in [2.24, 2.45) is 0 Å². The first-order valence-electron chi connectivity index (χ1n) is 7.55. The van der Waals surface area contributed by atoms with Crippen LogP contribution in [-0.4, -0.2) is 29.4 Å². The molecule has 1 rings (SSSR count). The maximum absolute atomic E-state index is 12.6. The van der Waals surface area contributed by atoms with Crippen LogP contribution in [0.4, 0.5) is 0 Å². The van der Waals surface area contributed by atoms with Gasteiger partial charge in [-0.25, -0.2) is 0 Å². The van der Waals surface area contributed by atoms with Gasteiger partial charge in [0, 0.05) is 16.6 Å². The predicted octanol–water partition coefficient (Wildman–Crippen LogP) is 4.14. The van der Waals surface area contributed by atoms with E-state index in [1.807, 2.05) is 23.1 Å². The van der Waals surface area contributed by atoms with Crippen molar-refractivity contribution in [3.8, 4) is 0 Å². The summed E-state index contributed by atoms with van der Waals surface area (Å²) in [6.07, 6.45) is 0.954. The molecule has 1 aromatic rings. The Bertz CT molecular complexity index is 468. The van der Waals surface area contributed by atoms with Crippen LogP contribution in [-0.2, 0) is 4.79 Å². The minimum Gasteiger partial charge on any atom is -0.335 e. The van der Waals surface area contributed by atoms with Crippen LogP contribution in [0, 0.1) is 0 Å². The summed E-state index contributed by atoms with van der Waals surface area (Å²) in [5, 5.41) is 3.28. The lowest BCUT2D eigenvalue weighted by atomic mass is 10.1. The average molecular weight is 355 g/mol. The number of nitrogens with one attached hydrogen (secondary N) is 1. The molecule has 0 saturated heterocycles. The van der Waals surface area contributed by atoms with Crippen molar-refractivity contribution in [1.82, 2.24) is 10.2 Å². The molecule has 1 aromatic carbocycles. The van der Waals surface area contributed by atoms with Gasteiger partial charge in [0.25, 0.3) is 0 Å². The van der Waals surface area contributed by atoms with E-state index in [1.54, 1.807) is 0 Å². The number of hydrogen-bond acceptors (Lipinski definition) is 2. The van der Waals surface area contributed by atoms with Gasteiger partial charge in [-0.3, -0.25) is 4.79 Å². The van der Waals surface area contributed by atoms with Crippen LogP contribution in [0.5, 0.6) is 0 Å². The Labute approximate surface area is 137 Å². The van der Waals surface area contributed by atoms with E-state index in [0.717, 1.165) is 23.0 Å². The normalized spacial score (nSPS) is 13.0. The first kappa shape index (κ1) is 18.2. The predicted molar refractivity (Wildman–Crippen MR) is 92.3 cm³/mol. The molecule has 0 aromatic heterocycles. The third-order valence-electron chi connectivity index (χ3n) is 3.38. The molecular formula is C17H27BrN2O. The zero-order valence-electron chi connectivity index (χ0n) is 13.7. The van der Waals surface area contributed by atoms with E-state index in [4.69, 9.17) is 0 Å². The van der Waals surface area contributed by atoms with Crippen LogP contribution in [0.25, 0.3) is 0 Å². The Kier molecular flexibility index (Phi) is 6.88. The number of rotatable bonds is 6. The Morgan fingerprint density at radius 3 is 2.48 bits per heavy atom. The van der Waals surface area contributed by atoms with Gasteiger partial charge >= 0.3 is 0 Å². The van der Waals surface area contributed by atoms with Crippen molar-refractivity contribution in [2.45, 2.75) is 52.6 Å². The second kappa shape index (κ2) is 7.95. The van der Waals surface area contributed by atoms with Gasteiger partial charge in [-0.15, -0.1) is 0 Å². The summed E-state index contributed by atoms with van der Waals surface area (Å²) in [4.78, 5) is 14.5. The number of benzene rings is 1. The van der Waals surface area contributed by atoms with Gasteiger partial charge in [0.2, 0.25) is 5.91 Å². The SMILES string of the molecule is CCCN(C(=O)CNC(C)(C)C)C(C)c1ccccc1Br. The fourth-order valence-corrected chi connectivity index (χ4v) is 2.82. The molecule has 21 heavy (non-hydrogen) atoms. The quantitative estimate of drug-likeness (QED) is 0.832. The van der Waals surface area contributed by atoms with Crippen molar-refractivity contribution in [3.63, 3.8) is 0 Å². The van der Waals surface area contributed by atoms with Gasteiger partial charge in [0.05, 0.1) is 12.6 Å². The van der Waals surface area contributed by atoms with Gasteiger partial charge in [-0.1, -0.05) is 41.1 Å². The summed E-state index contributed by atoms with van der Waals surface area (Å²) >= 11 is 3.58. The number of amides is 1. The lowest BCUT2D eigenvalue weighted by Crippen LogP contribution is -2.45. The molecule has 1 unspecified atom stereocenters. The molecule has 0 aliphatic carbocycles. The highest BCUT2D eigenvalue weighted by Gasteiger charge is 2.23. The lowest BCUT2D eigenvalue weighted by Gasteiger charge is -2.31. The maximum atomic E-state index is 12.6. The molecule has 0 aliphatic rings. The summed E-state index contributed by atoms with van der Waals surface area (Å²) in [5.41, 5.74) is 1.10. The molecule has 0 radical (unpaired) electrons. The van der Waals surface area contributed by atoms with Gasteiger partial charge in [-0.2, -0.15) is 0 Å². The lowest BCUT2D eigenvalue weighted by molar-refractivity contribution is -0.132. The van der Waals surface area contributed by atoms with Crippen LogP contribution < -0.4 is 5.32 Å². The largest absolute Gasteiger partial charge is 0.335 e. The molecule has 3 nitrogen and oxygen atoms in total. The Hall–Kier alpha value is -0.870.